The van der Waals surface area contributed by atoms with Crippen LogP contribution in [0.3, 0.4) is 0 Å². The van der Waals surface area contributed by atoms with Crippen molar-refractivity contribution in [1.82, 2.24) is 0 Å². The Morgan fingerprint density at radius 1 is 1.00 bits per heavy atom. The molecule has 2 atom stereocenters. The highest BCUT2D eigenvalue weighted by molar-refractivity contribution is 5.82. The maximum absolute atomic E-state index is 11.6. The third-order valence-corrected chi connectivity index (χ3v) is 4.27. The van der Waals surface area contributed by atoms with Gasteiger partial charge in [-0.2, -0.15) is 0 Å². The largest absolute Gasteiger partial charge is 0.490 e. The van der Waals surface area contributed by atoms with Gasteiger partial charge in [0, 0.05) is 23.4 Å². The van der Waals surface area contributed by atoms with Gasteiger partial charge in [0.25, 0.3) is 0 Å². The molecule has 4 N–H and O–H groups in total. The van der Waals surface area contributed by atoms with E-state index in [1.54, 1.807) is 18.2 Å². The SMILES string of the molecule is CC(C)(O)C(O)COc1ccc2ccc(=O)oc2c1CC(O)C(C)(C)O. The Labute approximate surface area is 151 Å². The van der Waals surface area contributed by atoms with Crippen molar-refractivity contribution in [3.05, 3.63) is 40.2 Å². The van der Waals surface area contributed by atoms with Crippen LogP contribution in [0, 0.1) is 0 Å². The molecule has 0 amide bonds. The first-order chi connectivity index (χ1) is 11.9. The number of ether oxygens (including phenoxy) is 1. The van der Waals surface area contributed by atoms with Gasteiger partial charge in [0.2, 0.25) is 0 Å². The van der Waals surface area contributed by atoms with Crippen LogP contribution in [-0.2, 0) is 6.42 Å². The van der Waals surface area contributed by atoms with Gasteiger partial charge in [-0.15, -0.1) is 0 Å². The first kappa shape index (κ1) is 20.4. The summed E-state index contributed by atoms with van der Waals surface area (Å²) in [4.78, 5) is 11.6. The van der Waals surface area contributed by atoms with Crippen LogP contribution in [0.15, 0.2) is 33.5 Å². The van der Waals surface area contributed by atoms with Crippen LogP contribution in [0.1, 0.15) is 33.3 Å². The lowest BCUT2D eigenvalue weighted by Crippen LogP contribution is -2.40. The molecule has 144 valence electrons. The van der Waals surface area contributed by atoms with E-state index in [9.17, 15) is 25.2 Å². The van der Waals surface area contributed by atoms with Gasteiger partial charge in [0.1, 0.15) is 24.0 Å². The van der Waals surface area contributed by atoms with Gasteiger partial charge >= 0.3 is 5.63 Å². The molecule has 0 spiro atoms. The van der Waals surface area contributed by atoms with Crippen LogP contribution in [0.5, 0.6) is 5.75 Å². The van der Waals surface area contributed by atoms with E-state index in [0.29, 0.717) is 16.7 Å². The van der Waals surface area contributed by atoms with Crippen LogP contribution in [-0.4, -0.2) is 50.4 Å². The summed E-state index contributed by atoms with van der Waals surface area (Å²) in [5.41, 5.74) is -2.63. The van der Waals surface area contributed by atoms with Gasteiger partial charge in [-0.05, 0) is 45.9 Å². The summed E-state index contributed by atoms with van der Waals surface area (Å²) >= 11 is 0. The Morgan fingerprint density at radius 3 is 2.15 bits per heavy atom. The third kappa shape index (κ3) is 4.82. The van der Waals surface area contributed by atoms with Crippen molar-refractivity contribution in [2.75, 3.05) is 6.61 Å². The average molecular weight is 366 g/mol. The molecule has 1 aromatic carbocycles. The summed E-state index contributed by atoms with van der Waals surface area (Å²) in [5.74, 6) is 0.290. The van der Waals surface area contributed by atoms with E-state index in [0.717, 1.165) is 0 Å². The van der Waals surface area contributed by atoms with Crippen molar-refractivity contribution in [1.29, 1.82) is 0 Å². The van der Waals surface area contributed by atoms with E-state index in [1.165, 1.54) is 33.8 Å². The first-order valence-corrected chi connectivity index (χ1v) is 8.39. The molecule has 0 aliphatic rings. The van der Waals surface area contributed by atoms with Crippen molar-refractivity contribution in [3.8, 4) is 5.75 Å². The van der Waals surface area contributed by atoms with Gasteiger partial charge in [0.05, 0.1) is 17.3 Å². The molecule has 0 bridgehead atoms. The normalized spacial score (nSPS) is 15.1. The summed E-state index contributed by atoms with van der Waals surface area (Å²) in [6.07, 6.45) is -2.31. The fourth-order valence-electron chi connectivity index (χ4n) is 2.32. The minimum Gasteiger partial charge on any atom is -0.490 e. The van der Waals surface area contributed by atoms with Crippen LogP contribution < -0.4 is 10.4 Å². The zero-order valence-corrected chi connectivity index (χ0v) is 15.4. The first-order valence-electron chi connectivity index (χ1n) is 8.39. The van der Waals surface area contributed by atoms with E-state index in [1.807, 2.05) is 0 Å². The molecule has 1 heterocycles. The van der Waals surface area contributed by atoms with Gasteiger partial charge in [-0.25, -0.2) is 4.79 Å². The quantitative estimate of drug-likeness (QED) is 0.539. The fourth-order valence-corrected chi connectivity index (χ4v) is 2.32. The maximum atomic E-state index is 11.6. The monoisotopic (exact) mass is 366 g/mol. The molecule has 2 rings (SSSR count). The molecule has 0 radical (unpaired) electrons. The molecule has 2 aromatic rings. The van der Waals surface area contributed by atoms with Gasteiger partial charge in [-0.1, -0.05) is 0 Å². The Balaban J connectivity index is 2.45. The highest BCUT2D eigenvalue weighted by Gasteiger charge is 2.29. The highest BCUT2D eigenvalue weighted by Crippen LogP contribution is 2.30. The number of hydrogen-bond acceptors (Lipinski definition) is 7. The van der Waals surface area contributed by atoms with Crippen molar-refractivity contribution < 1.29 is 29.6 Å². The predicted octanol–water partition coefficient (Wildman–Crippen LogP) is 0.978. The second-order valence-corrected chi connectivity index (χ2v) is 7.57. The molecule has 0 aliphatic heterocycles. The molecule has 0 saturated heterocycles. The van der Waals surface area contributed by atoms with E-state index in [-0.39, 0.29) is 18.6 Å². The van der Waals surface area contributed by atoms with Gasteiger partial charge in [-0.3, -0.25) is 0 Å². The molecule has 0 aliphatic carbocycles. The molecule has 0 saturated carbocycles. The van der Waals surface area contributed by atoms with Crippen molar-refractivity contribution in [3.63, 3.8) is 0 Å². The second-order valence-electron chi connectivity index (χ2n) is 7.57. The Bertz CT molecular complexity index is 811. The molecule has 1 aromatic heterocycles. The number of aliphatic hydroxyl groups excluding tert-OH is 2. The number of fused-ring (bicyclic) bond motifs is 1. The number of rotatable bonds is 7. The number of hydrogen-bond donors (Lipinski definition) is 4. The minimum atomic E-state index is -1.37. The Hall–Kier alpha value is -1.93. The number of aliphatic hydroxyl groups is 4. The molecule has 2 unspecified atom stereocenters. The fraction of sp³-hybridized carbons (Fsp3) is 0.526. The molecular weight excluding hydrogens is 340 g/mol. The lowest BCUT2D eigenvalue weighted by atomic mass is 9.94. The molecule has 7 nitrogen and oxygen atoms in total. The van der Waals surface area contributed by atoms with Crippen molar-refractivity contribution in [2.24, 2.45) is 0 Å². The standard InChI is InChI=1S/C19H26O7/c1-18(2,23)14(20)9-12-13(25-10-15(21)19(3,4)24)7-5-11-6-8-16(22)26-17(11)12/h5-8,14-15,20-21,23-24H,9-10H2,1-4H3. The lowest BCUT2D eigenvalue weighted by molar-refractivity contribution is -0.0666. The zero-order chi connectivity index (χ0) is 19.7. The smallest absolute Gasteiger partial charge is 0.336 e. The number of benzene rings is 1. The maximum Gasteiger partial charge on any atom is 0.336 e. The molecule has 7 heteroatoms. The van der Waals surface area contributed by atoms with Crippen LogP contribution >= 0.6 is 0 Å². The van der Waals surface area contributed by atoms with Gasteiger partial charge in [0.15, 0.2) is 0 Å². The highest BCUT2D eigenvalue weighted by atomic mass is 16.5. The summed E-state index contributed by atoms with van der Waals surface area (Å²) < 4.78 is 10.9. The summed E-state index contributed by atoms with van der Waals surface area (Å²) in [7, 11) is 0. The minimum absolute atomic E-state index is 0.0261. The zero-order valence-electron chi connectivity index (χ0n) is 15.4. The van der Waals surface area contributed by atoms with E-state index < -0.39 is 29.0 Å². The molecule has 0 fully saturated rings. The van der Waals surface area contributed by atoms with Gasteiger partial charge < -0.3 is 29.6 Å². The van der Waals surface area contributed by atoms with Crippen LogP contribution in [0.4, 0.5) is 0 Å². The summed E-state index contributed by atoms with van der Waals surface area (Å²) in [5, 5.41) is 40.8. The Morgan fingerprint density at radius 2 is 1.58 bits per heavy atom. The van der Waals surface area contributed by atoms with Crippen LogP contribution in [0.25, 0.3) is 11.0 Å². The van der Waals surface area contributed by atoms with Crippen molar-refractivity contribution in [2.45, 2.75) is 57.5 Å². The average Bonchev–Trinajstić information content (AvgIpc) is 2.51. The van der Waals surface area contributed by atoms with E-state index in [2.05, 4.69) is 0 Å². The topological polar surface area (TPSA) is 120 Å². The third-order valence-electron chi connectivity index (χ3n) is 4.27. The molecule has 26 heavy (non-hydrogen) atoms. The van der Waals surface area contributed by atoms with Crippen LogP contribution in [0.2, 0.25) is 0 Å². The Kier molecular flexibility index (Phi) is 5.77. The second kappa shape index (κ2) is 7.36. The molecular formula is C19H26O7. The predicted molar refractivity (Wildman–Crippen MR) is 96.3 cm³/mol. The van der Waals surface area contributed by atoms with E-state index in [4.69, 9.17) is 9.15 Å². The van der Waals surface area contributed by atoms with Crippen molar-refractivity contribution >= 4 is 11.0 Å². The van der Waals surface area contributed by atoms with E-state index >= 15 is 0 Å². The summed E-state index contributed by atoms with van der Waals surface area (Å²) in [6, 6.07) is 6.20. The summed E-state index contributed by atoms with van der Waals surface area (Å²) in [6.45, 7) is 5.66. The lowest BCUT2D eigenvalue weighted by Gasteiger charge is -2.27.